The second-order valence-corrected chi connectivity index (χ2v) is 1.92. The Hall–Kier alpha value is -1.58. The second-order valence-electron chi connectivity index (χ2n) is 1.92. The van der Waals surface area contributed by atoms with E-state index in [4.69, 9.17) is 0 Å². The largest absolute Gasteiger partial charge is 0.356 e. The van der Waals surface area contributed by atoms with Crippen molar-refractivity contribution in [1.82, 2.24) is 15.3 Å². The zero-order valence-corrected chi connectivity index (χ0v) is 6.16. The first-order chi connectivity index (χ1) is 5.33. The van der Waals surface area contributed by atoms with E-state index in [9.17, 15) is 4.79 Å². The second kappa shape index (κ2) is 3.55. The summed E-state index contributed by atoms with van der Waals surface area (Å²) in [5.41, 5.74) is 0. The highest BCUT2D eigenvalue weighted by Crippen LogP contribution is 1.90. The van der Waals surface area contributed by atoms with E-state index in [1.807, 2.05) is 0 Å². The van der Waals surface area contributed by atoms with Crippen LogP contribution in [0, 0.1) is 0 Å². The molecule has 1 heterocycles. The van der Waals surface area contributed by atoms with Crippen molar-refractivity contribution in [2.24, 2.45) is 0 Å². The number of imidazole rings is 1. The van der Waals surface area contributed by atoms with Crippen molar-refractivity contribution in [2.45, 2.75) is 0 Å². The molecule has 4 nitrogen and oxygen atoms in total. The monoisotopic (exact) mass is 151 g/mol. The number of hydrogen-bond donors (Lipinski definition) is 2. The number of carbonyl (C=O) groups is 1. The number of likely N-dealkylation sites (N-methyl/N-ethyl adjacent to an activating group) is 1. The number of nitrogens with zero attached hydrogens (tertiary/aromatic N) is 1. The van der Waals surface area contributed by atoms with Gasteiger partial charge in [-0.25, -0.2) is 4.98 Å². The van der Waals surface area contributed by atoms with E-state index < -0.39 is 0 Å². The summed E-state index contributed by atoms with van der Waals surface area (Å²) >= 11 is 0. The minimum Gasteiger partial charge on any atom is -0.356 e. The lowest BCUT2D eigenvalue weighted by molar-refractivity contribution is -0.115. The first-order valence-electron chi connectivity index (χ1n) is 3.22. The van der Waals surface area contributed by atoms with Crippen LogP contribution in [0.2, 0.25) is 0 Å². The van der Waals surface area contributed by atoms with E-state index in [0.717, 1.165) is 0 Å². The highest BCUT2D eigenvalue weighted by Gasteiger charge is 1.89. The molecule has 4 heteroatoms. The average Bonchev–Trinajstić information content (AvgIpc) is 2.52. The van der Waals surface area contributed by atoms with Crippen molar-refractivity contribution in [3.63, 3.8) is 0 Å². The van der Waals surface area contributed by atoms with Crippen LogP contribution in [0.1, 0.15) is 5.82 Å². The molecular formula is C7H9N3O. The van der Waals surface area contributed by atoms with Crippen LogP contribution in [0.15, 0.2) is 18.5 Å². The first kappa shape index (κ1) is 7.53. The van der Waals surface area contributed by atoms with E-state index in [2.05, 4.69) is 15.3 Å². The van der Waals surface area contributed by atoms with Gasteiger partial charge in [0.2, 0.25) is 5.91 Å². The fraction of sp³-hybridized carbons (Fsp3) is 0.143. The Morgan fingerprint density at radius 1 is 1.82 bits per heavy atom. The van der Waals surface area contributed by atoms with Crippen LogP contribution in [0.4, 0.5) is 0 Å². The molecule has 0 aliphatic rings. The number of carbonyl (C=O) groups excluding carboxylic acids is 1. The van der Waals surface area contributed by atoms with Crippen molar-refractivity contribution in [2.75, 3.05) is 7.05 Å². The predicted octanol–water partition coefficient (Wildman–Crippen LogP) is 0.169. The van der Waals surface area contributed by atoms with E-state index in [0.29, 0.717) is 5.82 Å². The lowest BCUT2D eigenvalue weighted by Gasteiger charge is -1.87. The zero-order valence-electron chi connectivity index (χ0n) is 6.16. The normalized spacial score (nSPS) is 10.3. The van der Waals surface area contributed by atoms with Crippen molar-refractivity contribution >= 4 is 12.0 Å². The van der Waals surface area contributed by atoms with Crippen LogP contribution < -0.4 is 5.32 Å². The van der Waals surface area contributed by atoms with Crippen molar-refractivity contribution in [1.29, 1.82) is 0 Å². The fourth-order valence-electron chi connectivity index (χ4n) is 0.607. The minimum absolute atomic E-state index is 0.138. The third-order valence-electron chi connectivity index (χ3n) is 1.16. The van der Waals surface area contributed by atoms with Gasteiger partial charge in [-0.2, -0.15) is 0 Å². The molecule has 0 aliphatic heterocycles. The van der Waals surface area contributed by atoms with Crippen molar-refractivity contribution < 1.29 is 4.79 Å². The van der Waals surface area contributed by atoms with Gasteiger partial charge in [0.1, 0.15) is 5.82 Å². The zero-order chi connectivity index (χ0) is 8.10. The van der Waals surface area contributed by atoms with Gasteiger partial charge >= 0.3 is 0 Å². The maximum Gasteiger partial charge on any atom is 0.243 e. The Morgan fingerprint density at radius 3 is 3.18 bits per heavy atom. The molecule has 1 aromatic rings. The Bertz CT molecular complexity index is 251. The number of H-pyrrole nitrogens is 1. The smallest absolute Gasteiger partial charge is 0.243 e. The Kier molecular flexibility index (Phi) is 2.43. The maximum absolute atomic E-state index is 10.7. The highest BCUT2D eigenvalue weighted by molar-refractivity contribution is 5.90. The molecule has 0 spiro atoms. The van der Waals surface area contributed by atoms with E-state index in [1.165, 1.54) is 6.08 Å². The molecule has 0 radical (unpaired) electrons. The summed E-state index contributed by atoms with van der Waals surface area (Å²) in [6.45, 7) is 0. The quantitative estimate of drug-likeness (QED) is 0.592. The Balaban J connectivity index is 2.55. The first-order valence-corrected chi connectivity index (χ1v) is 3.22. The summed E-state index contributed by atoms with van der Waals surface area (Å²) < 4.78 is 0. The Labute approximate surface area is 64.3 Å². The molecule has 0 saturated carbocycles. The number of amides is 1. The molecule has 2 N–H and O–H groups in total. The van der Waals surface area contributed by atoms with Crippen LogP contribution in [-0.2, 0) is 4.79 Å². The van der Waals surface area contributed by atoms with Gasteiger partial charge in [-0.05, 0) is 6.08 Å². The number of aromatic nitrogens is 2. The van der Waals surface area contributed by atoms with Gasteiger partial charge in [0.05, 0.1) is 0 Å². The van der Waals surface area contributed by atoms with Gasteiger partial charge in [0.15, 0.2) is 0 Å². The summed E-state index contributed by atoms with van der Waals surface area (Å²) in [7, 11) is 1.58. The molecule has 0 fully saturated rings. The van der Waals surface area contributed by atoms with Crippen LogP contribution >= 0.6 is 0 Å². The van der Waals surface area contributed by atoms with Gasteiger partial charge in [0.25, 0.3) is 0 Å². The summed E-state index contributed by atoms with van der Waals surface area (Å²) in [4.78, 5) is 17.4. The van der Waals surface area contributed by atoms with E-state index >= 15 is 0 Å². The topological polar surface area (TPSA) is 57.8 Å². The molecule has 0 aliphatic carbocycles. The molecule has 1 amide bonds. The Morgan fingerprint density at radius 2 is 2.64 bits per heavy atom. The number of aromatic amines is 1. The van der Waals surface area contributed by atoms with Gasteiger partial charge in [-0.3, -0.25) is 4.79 Å². The molecule has 0 saturated heterocycles. The summed E-state index contributed by atoms with van der Waals surface area (Å²) in [6.07, 6.45) is 6.35. The number of hydrogen-bond acceptors (Lipinski definition) is 2. The van der Waals surface area contributed by atoms with E-state index in [-0.39, 0.29) is 5.91 Å². The molecule has 58 valence electrons. The molecule has 1 aromatic heterocycles. The molecule has 1 rings (SSSR count). The highest BCUT2D eigenvalue weighted by atomic mass is 16.1. The molecule has 0 atom stereocenters. The standard InChI is InChI=1S/C7H9N3O/c1-8-7(11)3-2-6-9-4-5-10-6/h2-5H,1H3,(H,8,11)(H,9,10)/b3-2+. The molecule has 0 bridgehead atoms. The van der Waals surface area contributed by atoms with Gasteiger partial charge in [-0.15, -0.1) is 0 Å². The van der Waals surface area contributed by atoms with Gasteiger partial charge in [0, 0.05) is 25.5 Å². The lowest BCUT2D eigenvalue weighted by atomic mass is 10.4. The van der Waals surface area contributed by atoms with Crippen LogP contribution in [-0.4, -0.2) is 22.9 Å². The number of rotatable bonds is 2. The minimum atomic E-state index is -0.138. The van der Waals surface area contributed by atoms with Crippen molar-refractivity contribution in [3.05, 3.63) is 24.3 Å². The predicted molar refractivity (Wildman–Crippen MR) is 41.7 cm³/mol. The van der Waals surface area contributed by atoms with Crippen LogP contribution in [0.3, 0.4) is 0 Å². The fourth-order valence-corrected chi connectivity index (χ4v) is 0.607. The van der Waals surface area contributed by atoms with Gasteiger partial charge < -0.3 is 10.3 Å². The van der Waals surface area contributed by atoms with Crippen LogP contribution in [0.5, 0.6) is 0 Å². The number of nitrogens with one attached hydrogen (secondary N) is 2. The average molecular weight is 151 g/mol. The van der Waals surface area contributed by atoms with E-state index in [1.54, 1.807) is 25.5 Å². The molecule has 11 heavy (non-hydrogen) atoms. The molecular weight excluding hydrogens is 142 g/mol. The lowest BCUT2D eigenvalue weighted by Crippen LogP contribution is -2.13. The maximum atomic E-state index is 10.7. The SMILES string of the molecule is CNC(=O)/C=C/c1ncc[nH]1. The third kappa shape index (κ3) is 2.25. The van der Waals surface area contributed by atoms with Crippen molar-refractivity contribution in [3.8, 4) is 0 Å². The van der Waals surface area contributed by atoms with Gasteiger partial charge in [-0.1, -0.05) is 0 Å². The van der Waals surface area contributed by atoms with Crippen LogP contribution in [0.25, 0.3) is 6.08 Å². The summed E-state index contributed by atoms with van der Waals surface area (Å²) in [5.74, 6) is 0.537. The molecule has 0 aromatic carbocycles. The third-order valence-corrected chi connectivity index (χ3v) is 1.16. The molecule has 0 unspecified atom stereocenters. The summed E-state index contributed by atoms with van der Waals surface area (Å²) in [6, 6.07) is 0. The summed E-state index contributed by atoms with van der Waals surface area (Å²) in [5, 5.41) is 2.46.